The topological polar surface area (TPSA) is 66.8 Å². The first-order valence-corrected chi connectivity index (χ1v) is 5.95. The van der Waals surface area contributed by atoms with Crippen LogP contribution in [-0.4, -0.2) is 47.2 Å². The fourth-order valence-electron chi connectivity index (χ4n) is 1.81. The highest BCUT2D eigenvalue weighted by molar-refractivity contribution is 5.84. The molecule has 0 aliphatic carbocycles. The highest BCUT2D eigenvalue weighted by Gasteiger charge is 2.31. The van der Waals surface area contributed by atoms with Crippen molar-refractivity contribution in [3.8, 4) is 0 Å². The van der Waals surface area contributed by atoms with Crippen molar-refractivity contribution in [1.29, 1.82) is 0 Å². The molecule has 0 aromatic heterocycles. The number of hydrogen-bond acceptors (Lipinski definition) is 4. The molecule has 0 aromatic carbocycles. The van der Waals surface area contributed by atoms with Gasteiger partial charge in [-0.2, -0.15) is 0 Å². The third-order valence-electron chi connectivity index (χ3n) is 2.65. The van der Waals surface area contributed by atoms with Crippen molar-refractivity contribution in [2.24, 2.45) is 5.92 Å². The minimum absolute atomic E-state index is 0.0292. The molecule has 0 aromatic rings. The Hall–Kier alpha value is -1.10. The van der Waals surface area contributed by atoms with Gasteiger partial charge in [-0.3, -0.25) is 4.79 Å². The van der Waals surface area contributed by atoms with E-state index >= 15 is 0 Å². The molecule has 0 bridgehead atoms. The van der Waals surface area contributed by atoms with Crippen LogP contribution in [0.25, 0.3) is 0 Å². The predicted molar refractivity (Wildman–Crippen MR) is 62.6 cm³/mol. The molecule has 1 rings (SSSR count). The molecule has 1 aliphatic heterocycles. The molecule has 0 saturated carbocycles. The number of ketones is 1. The lowest BCUT2D eigenvalue weighted by Gasteiger charge is -2.33. The van der Waals surface area contributed by atoms with Crippen LogP contribution >= 0.6 is 0 Å². The minimum atomic E-state index is -0.523. The van der Waals surface area contributed by atoms with E-state index in [1.807, 2.05) is 20.8 Å². The van der Waals surface area contributed by atoms with E-state index in [1.165, 1.54) is 0 Å². The van der Waals surface area contributed by atoms with Gasteiger partial charge < -0.3 is 14.7 Å². The van der Waals surface area contributed by atoms with Gasteiger partial charge >= 0.3 is 6.09 Å². The highest BCUT2D eigenvalue weighted by atomic mass is 16.6. The molecular weight excluding hydrogens is 222 g/mol. The molecule has 1 aliphatic rings. The van der Waals surface area contributed by atoms with Crippen LogP contribution < -0.4 is 0 Å². The molecule has 5 heteroatoms. The molecule has 98 valence electrons. The van der Waals surface area contributed by atoms with Crippen LogP contribution in [0.4, 0.5) is 4.79 Å². The lowest BCUT2D eigenvalue weighted by molar-refractivity contribution is -0.126. The fraction of sp³-hybridized carbons (Fsp3) is 0.833. The van der Waals surface area contributed by atoms with Gasteiger partial charge in [-0.15, -0.1) is 0 Å². The van der Waals surface area contributed by atoms with E-state index < -0.39 is 5.60 Å². The Morgan fingerprint density at radius 2 is 2.18 bits per heavy atom. The van der Waals surface area contributed by atoms with Crippen molar-refractivity contribution in [2.45, 2.75) is 39.2 Å². The van der Waals surface area contributed by atoms with Crippen LogP contribution in [0.2, 0.25) is 0 Å². The number of amides is 1. The number of hydrogen-bond donors (Lipinski definition) is 1. The van der Waals surface area contributed by atoms with Gasteiger partial charge in [0, 0.05) is 32.0 Å². The molecule has 1 amide bonds. The first-order valence-electron chi connectivity index (χ1n) is 5.95. The van der Waals surface area contributed by atoms with Crippen LogP contribution in [0.1, 0.15) is 33.6 Å². The number of aliphatic hydroxyl groups excluding tert-OH is 1. The van der Waals surface area contributed by atoms with Gasteiger partial charge in [-0.1, -0.05) is 0 Å². The third-order valence-corrected chi connectivity index (χ3v) is 2.65. The number of rotatable bonds is 2. The number of Topliss-reactive ketones (excluding diaryl/α,β-unsaturated/α-hetero) is 1. The summed E-state index contributed by atoms with van der Waals surface area (Å²) in [5, 5.41) is 8.86. The van der Waals surface area contributed by atoms with Crippen LogP contribution in [0, 0.1) is 5.92 Å². The number of likely N-dealkylation sites (tertiary alicyclic amines) is 1. The van der Waals surface area contributed by atoms with Crippen LogP contribution in [-0.2, 0) is 9.53 Å². The van der Waals surface area contributed by atoms with Gasteiger partial charge in [0.15, 0.2) is 0 Å². The summed E-state index contributed by atoms with van der Waals surface area (Å²) >= 11 is 0. The average molecular weight is 243 g/mol. The quantitative estimate of drug-likeness (QED) is 0.791. The van der Waals surface area contributed by atoms with Crippen LogP contribution in [0.15, 0.2) is 0 Å². The number of carbonyl (C=O) groups excluding carboxylic acids is 2. The Morgan fingerprint density at radius 3 is 2.71 bits per heavy atom. The Balaban J connectivity index is 2.55. The van der Waals surface area contributed by atoms with E-state index in [4.69, 9.17) is 9.84 Å². The molecule has 1 N–H and O–H groups in total. The summed E-state index contributed by atoms with van der Waals surface area (Å²) < 4.78 is 5.25. The smallest absolute Gasteiger partial charge is 0.410 e. The van der Waals surface area contributed by atoms with Gasteiger partial charge in [-0.25, -0.2) is 4.79 Å². The van der Waals surface area contributed by atoms with Crippen molar-refractivity contribution in [3.63, 3.8) is 0 Å². The maximum atomic E-state index is 11.8. The molecule has 1 heterocycles. The van der Waals surface area contributed by atoms with Gasteiger partial charge in [0.1, 0.15) is 11.4 Å². The SMILES string of the molecule is CC(C)(C)OC(=O)N1CCC(=O)C(CCO)C1. The van der Waals surface area contributed by atoms with E-state index in [2.05, 4.69) is 0 Å². The standard InChI is InChI=1S/C12H21NO4/c1-12(2,3)17-11(16)13-6-4-10(15)9(8-13)5-7-14/h9,14H,4-8H2,1-3H3. The molecule has 17 heavy (non-hydrogen) atoms. The zero-order valence-electron chi connectivity index (χ0n) is 10.7. The van der Waals surface area contributed by atoms with Gasteiger partial charge in [0.05, 0.1) is 0 Å². The number of carbonyl (C=O) groups is 2. The van der Waals surface area contributed by atoms with Crippen molar-refractivity contribution in [3.05, 3.63) is 0 Å². The second kappa shape index (κ2) is 5.49. The molecule has 0 radical (unpaired) electrons. The lowest BCUT2D eigenvalue weighted by atomic mass is 9.94. The summed E-state index contributed by atoms with van der Waals surface area (Å²) in [5.41, 5.74) is -0.523. The van der Waals surface area contributed by atoms with Gasteiger partial charge in [0.2, 0.25) is 0 Å². The van der Waals surface area contributed by atoms with Crippen molar-refractivity contribution in [2.75, 3.05) is 19.7 Å². The first kappa shape index (κ1) is 14.0. The molecule has 1 fully saturated rings. The molecule has 0 spiro atoms. The molecule has 5 nitrogen and oxygen atoms in total. The summed E-state index contributed by atoms with van der Waals surface area (Å²) in [6, 6.07) is 0. The summed E-state index contributed by atoms with van der Waals surface area (Å²) in [7, 11) is 0. The predicted octanol–water partition coefficient (Wildman–Crippen LogP) is 1.19. The van der Waals surface area contributed by atoms with E-state index in [-0.39, 0.29) is 24.4 Å². The van der Waals surface area contributed by atoms with Crippen molar-refractivity contribution >= 4 is 11.9 Å². The zero-order valence-corrected chi connectivity index (χ0v) is 10.7. The molecule has 1 unspecified atom stereocenters. The number of nitrogens with zero attached hydrogens (tertiary/aromatic N) is 1. The fourth-order valence-corrected chi connectivity index (χ4v) is 1.81. The number of piperidine rings is 1. The molecular formula is C12H21NO4. The summed E-state index contributed by atoms with van der Waals surface area (Å²) in [6.07, 6.45) is 0.384. The zero-order chi connectivity index (χ0) is 13.1. The van der Waals surface area contributed by atoms with E-state index in [9.17, 15) is 9.59 Å². The lowest BCUT2D eigenvalue weighted by Crippen LogP contribution is -2.46. The Bertz CT molecular complexity index is 295. The maximum Gasteiger partial charge on any atom is 0.410 e. The number of aliphatic hydroxyl groups is 1. The third kappa shape index (κ3) is 4.34. The van der Waals surface area contributed by atoms with E-state index in [1.54, 1.807) is 4.90 Å². The van der Waals surface area contributed by atoms with E-state index in [0.717, 1.165) is 0 Å². The second-order valence-corrected chi connectivity index (χ2v) is 5.35. The maximum absolute atomic E-state index is 11.8. The largest absolute Gasteiger partial charge is 0.444 e. The van der Waals surface area contributed by atoms with Gasteiger partial charge in [-0.05, 0) is 27.2 Å². The average Bonchev–Trinajstić information content (AvgIpc) is 2.19. The molecule has 1 atom stereocenters. The van der Waals surface area contributed by atoms with Gasteiger partial charge in [0.25, 0.3) is 0 Å². The van der Waals surface area contributed by atoms with Crippen molar-refractivity contribution < 1.29 is 19.4 Å². The van der Waals surface area contributed by atoms with Crippen LogP contribution in [0.5, 0.6) is 0 Å². The highest BCUT2D eigenvalue weighted by Crippen LogP contribution is 2.18. The van der Waals surface area contributed by atoms with Crippen molar-refractivity contribution in [1.82, 2.24) is 4.90 Å². The Morgan fingerprint density at radius 1 is 1.53 bits per heavy atom. The Kier molecular flexibility index (Phi) is 4.51. The summed E-state index contributed by atoms with van der Waals surface area (Å²) in [5.74, 6) is -0.125. The summed E-state index contributed by atoms with van der Waals surface area (Å²) in [4.78, 5) is 24.9. The number of ether oxygens (including phenoxy) is 1. The summed E-state index contributed by atoms with van der Waals surface area (Å²) in [6.45, 7) is 6.17. The normalized spacial score (nSPS) is 21.5. The minimum Gasteiger partial charge on any atom is -0.444 e. The molecule has 1 saturated heterocycles. The Labute approximate surface area is 102 Å². The van der Waals surface area contributed by atoms with E-state index in [0.29, 0.717) is 25.9 Å². The van der Waals surface area contributed by atoms with Crippen LogP contribution in [0.3, 0.4) is 0 Å². The second-order valence-electron chi connectivity index (χ2n) is 5.35. The first-order chi connectivity index (χ1) is 7.83. The monoisotopic (exact) mass is 243 g/mol.